The lowest BCUT2D eigenvalue weighted by molar-refractivity contribution is 0.172. The van der Waals surface area contributed by atoms with Crippen LogP contribution in [0.1, 0.15) is 18.1 Å². The molecular weight excluding hydrogens is 486 g/mol. The predicted molar refractivity (Wildman–Crippen MR) is 135 cm³/mol. The van der Waals surface area contributed by atoms with Gasteiger partial charge in [-0.05, 0) is 54.8 Å². The van der Waals surface area contributed by atoms with Crippen molar-refractivity contribution in [1.29, 1.82) is 0 Å². The van der Waals surface area contributed by atoms with Gasteiger partial charge in [0.05, 0.1) is 27.4 Å². The number of benzene rings is 2. The summed E-state index contributed by atoms with van der Waals surface area (Å²) in [5, 5.41) is 9.27. The van der Waals surface area contributed by atoms with Crippen molar-refractivity contribution in [2.24, 2.45) is 0 Å². The minimum Gasteiger partial charge on any atom is -0.496 e. The molecule has 0 saturated carbocycles. The fourth-order valence-corrected chi connectivity index (χ4v) is 4.69. The number of hydrogen-bond donors (Lipinski definition) is 3. The Morgan fingerprint density at radius 3 is 2.83 bits per heavy atom. The van der Waals surface area contributed by atoms with Crippen molar-refractivity contribution in [2.45, 2.75) is 25.3 Å². The average molecular weight is 516 g/mol. The zero-order valence-corrected chi connectivity index (χ0v) is 21.4. The highest BCUT2D eigenvalue weighted by molar-refractivity contribution is 7.86. The van der Waals surface area contributed by atoms with Gasteiger partial charge in [0.1, 0.15) is 21.8 Å². The Kier molecular flexibility index (Phi) is 7.96. The number of hydrazine groups is 1. The first-order chi connectivity index (χ1) is 17.4. The molecular formula is C24H29N5O6S. The van der Waals surface area contributed by atoms with Crippen LogP contribution in [0.15, 0.2) is 51.5 Å². The summed E-state index contributed by atoms with van der Waals surface area (Å²) in [5.74, 6) is 1.40. The molecule has 1 unspecified atom stereocenters. The van der Waals surface area contributed by atoms with Crippen molar-refractivity contribution < 1.29 is 27.7 Å². The molecule has 3 aromatic rings. The number of methoxy groups -OCH3 is 2. The number of fused-ring (bicyclic) bond motifs is 1. The highest BCUT2D eigenvalue weighted by atomic mass is 32.2. The quantitative estimate of drug-likeness (QED) is 0.373. The van der Waals surface area contributed by atoms with Crippen LogP contribution in [0.25, 0.3) is 11.0 Å². The van der Waals surface area contributed by atoms with Crippen LogP contribution in [0.5, 0.6) is 11.5 Å². The molecule has 36 heavy (non-hydrogen) atoms. The summed E-state index contributed by atoms with van der Waals surface area (Å²) >= 11 is 0. The van der Waals surface area contributed by atoms with Gasteiger partial charge in [0.15, 0.2) is 22.4 Å². The van der Waals surface area contributed by atoms with Gasteiger partial charge < -0.3 is 29.1 Å². The Labute approximate surface area is 211 Å². The number of carbonyl (C=O) groups is 1. The van der Waals surface area contributed by atoms with Gasteiger partial charge in [-0.25, -0.2) is 14.4 Å². The topological polar surface area (TPSA) is 127 Å². The number of alkyl carbamates (subject to hydrolysis) is 1. The fraction of sp³-hybridized carbons (Fsp3) is 0.333. The number of rotatable bonds is 10. The van der Waals surface area contributed by atoms with Gasteiger partial charge in [0.25, 0.3) is 0 Å². The molecule has 0 fully saturated rings. The number of aryl methyl sites for hydroxylation is 1. The standard InChI is InChI=1S/C24H29N5O6S/c1-5-34-18-8-15(2)6-7-21(18)36(31)28-23-22-19(32-3)9-16(10-20(22)35-27-23)13-29-14-17(12-26-29)11-25-24(30)33-4/h6-10,14,26H,5,11-13H2,1-4H3,(H,25,30)(H,27,28). The number of nitrogens with one attached hydrogen (secondary N) is 3. The van der Waals surface area contributed by atoms with Gasteiger partial charge >= 0.3 is 6.09 Å². The van der Waals surface area contributed by atoms with Crippen LogP contribution < -0.4 is 24.9 Å². The lowest BCUT2D eigenvalue weighted by Crippen LogP contribution is -2.29. The normalized spacial score (nSPS) is 13.9. The van der Waals surface area contributed by atoms with E-state index in [0.717, 1.165) is 16.7 Å². The molecule has 12 heteroatoms. The molecule has 1 aromatic heterocycles. The van der Waals surface area contributed by atoms with Crippen molar-refractivity contribution in [3.63, 3.8) is 0 Å². The van der Waals surface area contributed by atoms with Gasteiger partial charge in [0.2, 0.25) is 0 Å². The summed E-state index contributed by atoms with van der Waals surface area (Å²) in [6.45, 7) is 5.80. The molecule has 3 N–H and O–H groups in total. The van der Waals surface area contributed by atoms with Crippen LogP contribution >= 0.6 is 0 Å². The van der Waals surface area contributed by atoms with Crippen LogP contribution in [-0.2, 0) is 22.3 Å². The lowest BCUT2D eigenvalue weighted by Gasteiger charge is -2.16. The molecule has 1 amide bonds. The molecule has 0 saturated heterocycles. The van der Waals surface area contributed by atoms with Crippen LogP contribution in [-0.4, -0.2) is 54.4 Å². The third-order valence-electron chi connectivity index (χ3n) is 5.45. The number of nitrogens with zero attached hydrogens (tertiary/aromatic N) is 2. The molecule has 0 radical (unpaired) electrons. The first-order valence-corrected chi connectivity index (χ1v) is 12.5. The van der Waals surface area contributed by atoms with E-state index in [9.17, 15) is 9.00 Å². The first kappa shape index (κ1) is 25.3. The Morgan fingerprint density at radius 1 is 1.25 bits per heavy atom. The zero-order valence-electron chi connectivity index (χ0n) is 20.5. The van der Waals surface area contributed by atoms with E-state index in [1.165, 1.54) is 7.11 Å². The second kappa shape index (κ2) is 11.3. The first-order valence-electron chi connectivity index (χ1n) is 11.3. The van der Waals surface area contributed by atoms with Gasteiger partial charge in [-0.1, -0.05) is 11.2 Å². The average Bonchev–Trinajstić information content (AvgIpc) is 3.49. The SMILES string of the molecule is CCOc1cc(C)ccc1S(=O)Nc1noc2cc(CN3C=C(CNC(=O)OC)CN3)cc(OC)c12. The van der Waals surface area contributed by atoms with Gasteiger partial charge in [-0.15, -0.1) is 0 Å². The number of ether oxygens (including phenoxy) is 3. The molecule has 1 aliphatic rings. The third-order valence-corrected chi connectivity index (χ3v) is 6.57. The second-order valence-electron chi connectivity index (χ2n) is 8.05. The van der Waals surface area contributed by atoms with E-state index < -0.39 is 17.1 Å². The summed E-state index contributed by atoms with van der Waals surface area (Å²) in [7, 11) is 1.25. The number of anilines is 1. The second-order valence-corrected chi connectivity index (χ2v) is 9.23. The van der Waals surface area contributed by atoms with Crippen LogP contribution in [0.2, 0.25) is 0 Å². The Balaban J connectivity index is 1.52. The Hall–Kier alpha value is -3.77. The zero-order chi connectivity index (χ0) is 25.7. The van der Waals surface area contributed by atoms with Crippen molar-refractivity contribution in [1.82, 2.24) is 20.9 Å². The maximum absolute atomic E-state index is 13.1. The van der Waals surface area contributed by atoms with Gasteiger partial charge in [-0.3, -0.25) is 4.72 Å². The predicted octanol–water partition coefficient (Wildman–Crippen LogP) is 3.24. The maximum Gasteiger partial charge on any atom is 0.407 e. The van der Waals surface area contributed by atoms with Crippen LogP contribution in [0.3, 0.4) is 0 Å². The Morgan fingerprint density at radius 2 is 2.08 bits per heavy atom. The van der Waals surface area contributed by atoms with E-state index in [4.69, 9.17) is 14.0 Å². The van der Waals surface area contributed by atoms with Crippen molar-refractivity contribution >= 4 is 33.9 Å². The molecule has 1 aliphatic heterocycles. The fourth-order valence-electron chi connectivity index (χ4n) is 3.77. The molecule has 2 heterocycles. The Bertz CT molecular complexity index is 1310. The lowest BCUT2D eigenvalue weighted by atomic mass is 10.1. The van der Waals surface area contributed by atoms with Crippen LogP contribution in [0, 0.1) is 6.92 Å². The minimum absolute atomic E-state index is 0.310. The number of aromatic nitrogens is 1. The van der Waals surface area contributed by atoms with E-state index in [1.807, 2.05) is 49.3 Å². The molecule has 0 spiro atoms. The summed E-state index contributed by atoms with van der Waals surface area (Å²) in [5.41, 5.74) is 6.66. The van der Waals surface area contributed by atoms with Crippen LogP contribution in [0.4, 0.5) is 10.6 Å². The molecule has 192 valence electrons. The maximum atomic E-state index is 13.1. The van der Waals surface area contributed by atoms with E-state index in [2.05, 4.69) is 25.4 Å². The van der Waals surface area contributed by atoms with E-state index in [1.54, 1.807) is 13.2 Å². The van der Waals surface area contributed by atoms with Crippen molar-refractivity contribution in [3.05, 3.63) is 53.2 Å². The number of carbonyl (C=O) groups excluding carboxylic acids is 1. The van der Waals surface area contributed by atoms with Gasteiger partial charge in [-0.2, -0.15) is 0 Å². The summed E-state index contributed by atoms with van der Waals surface area (Å²) in [6.07, 6.45) is 1.46. The molecule has 0 aliphatic carbocycles. The molecule has 1 atom stereocenters. The number of hydrogen-bond acceptors (Lipinski definition) is 9. The highest BCUT2D eigenvalue weighted by Crippen LogP contribution is 2.35. The molecule has 11 nitrogen and oxygen atoms in total. The van der Waals surface area contributed by atoms with E-state index >= 15 is 0 Å². The molecule has 4 rings (SSSR count). The molecule has 0 bridgehead atoms. The molecule has 2 aromatic carbocycles. The minimum atomic E-state index is -1.64. The number of amides is 1. The van der Waals surface area contributed by atoms with E-state index in [0.29, 0.717) is 59.4 Å². The van der Waals surface area contributed by atoms with Crippen molar-refractivity contribution in [3.8, 4) is 11.5 Å². The summed E-state index contributed by atoms with van der Waals surface area (Å²) in [4.78, 5) is 11.8. The smallest absolute Gasteiger partial charge is 0.407 e. The third kappa shape index (κ3) is 5.71. The highest BCUT2D eigenvalue weighted by Gasteiger charge is 2.21. The van der Waals surface area contributed by atoms with E-state index in [-0.39, 0.29) is 0 Å². The monoisotopic (exact) mass is 515 g/mol. The van der Waals surface area contributed by atoms with Gasteiger partial charge in [0, 0.05) is 19.3 Å². The summed E-state index contributed by atoms with van der Waals surface area (Å²) in [6, 6.07) is 9.24. The van der Waals surface area contributed by atoms with Crippen molar-refractivity contribution in [2.75, 3.05) is 38.6 Å². The summed E-state index contributed by atoms with van der Waals surface area (Å²) < 4.78 is 37.5. The largest absolute Gasteiger partial charge is 0.496 e.